The van der Waals surface area contributed by atoms with E-state index in [0.717, 1.165) is 51.1 Å². The zero-order valence-corrected chi connectivity index (χ0v) is 27.0. The molecule has 6 bridgehead atoms. The smallest absolute Gasteiger partial charge is 0.310 e. The van der Waals surface area contributed by atoms with Crippen LogP contribution in [0.2, 0.25) is 0 Å². The fraction of sp³-hybridized carbons (Fsp3) is 0.432. The van der Waals surface area contributed by atoms with Crippen LogP contribution in [0.4, 0.5) is 0 Å². The van der Waals surface area contributed by atoms with Gasteiger partial charge in [-0.1, -0.05) is 44.2 Å². The van der Waals surface area contributed by atoms with Gasteiger partial charge >= 0.3 is 5.97 Å². The Hall–Kier alpha value is -4.01. The van der Waals surface area contributed by atoms with Gasteiger partial charge in [0.2, 0.25) is 5.91 Å². The third-order valence-corrected chi connectivity index (χ3v) is 9.44. The van der Waals surface area contributed by atoms with Crippen molar-refractivity contribution in [2.24, 2.45) is 17.1 Å². The first-order valence-corrected chi connectivity index (χ1v) is 16.0. The van der Waals surface area contributed by atoms with Crippen molar-refractivity contribution < 1.29 is 19.1 Å². The van der Waals surface area contributed by atoms with Gasteiger partial charge in [0.15, 0.2) is 0 Å². The third kappa shape index (κ3) is 6.01. The van der Waals surface area contributed by atoms with Crippen molar-refractivity contribution in [2.75, 3.05) is 26.8 Å². The summed E-state index contributed by atoms with van der Waals surface area (Å²) in [4.78, 5) is 33.0. The average Bonchev–Trinajstić information content (AvgIpc) is 3.65. The summed E-state index contributed by atoms with van der Waals surface area (Å²) in [6.07, 6.45) is 3.33. The van der Waals surface area contributed by atoms with Crippen LogP contribution in [0.5, 0.6) is 0 Å². The number of rotatable bonds is 4. The Labute approximate surface area is 265 Å². The van der Waals surface area contributed by atoms with Gasteiger partial charge in [0.1, 0.15) is 0 Å². The van der Waals surface area contributed by atoms with E-state index >= 15 is 0 Å². The highest BCUT2D eigenvalue weighted by atomic mass is 16.5. The highest BCUT2D eigenvalue weighted by molar-refractivity contribution is 5.95. The van der Waals surface area contributed by atoms with Crippen molar-refractivity contribution >= 4 is 22.8 Å². The third-order valence-electron chi connectivity index (χ3n) is 9.44. The molecule has 2 aromatic heterocycles. The number of esters is 1. The van der Waals surface area contributed by atoms with Gasteiger partial charge in [0, 0.05) is 54.8 Å². The molecule has 2 aliphatic heterocycles. The molecule has 236 valence electrons. The summed E-state index contributed by atoms with van der Waals surface area (Å²) in [6, 6.07) is 18.4. The van der Waals surface area contributed by atoms with E-state index in [0.29, 0.717) is 32.4 Å². The molecule has 0 aliphatic carbocycles. The van der Waals surface area contributed by atoms with Gasteiger partial charge in [-0.25, -0.2) is 0 Å². The lowest BCUT2D eigenvalue weighted by atomic mass is 9.84. The maximum atomic E-state index is 13.3. The van der Waals surface area contributed by atoms with Crippen LogP contribution >= 0.6 is 0 Å². The van der Waals surface area contributed by atoms with Gasteiger partial charge in [0.25, 0.3) is 0 Å². The summed E-state index contributed by atoms with van der Waals surface area (Å²) in [5, 5.41) is 1.16. The molecule has 4 heterocycles. The van der Waals surface area contributed by atoms with Crippen LogP contribution in [0.25, 0.3) is 33.3 Å². The Morgan fingerprint density at radius 2 is 1.91 bits per heavy atom. The fourth-order valence-corrected chi connectivity index (χ4v) is 6.99. The number of methoxy groups -OCH3 is 1. The monoisotopic (exact) mass is 608 g/mol. The number of nitrogens with two attached hydrogens (primary N) is 1. The first-order valence-electron chi connectivity index (χ1n) is 16.0. The summed E-state index contributed by atoms with van der Waals surface area (Å²) in [5.41, 5.74) is 14.6. The lowest BCUT2D eigenvalue weighted by Gasteiger charge is -2.26. The van der Waals surface area contributed by atoms with E-state index in [9.17, 15) is 9.59 Å². The van der Waals surface area contributed by atoms with E-state index in [1.165, 1.54) is 5.56 Å². The molecule has 1 fully saturated rings. The summed E-state index contributed by atoms with van der Waals surface area (Å²) < 4.78 is 14.1. The minimum Gasteiger partial charge on any atom is -0.465 e. The van der Waals surface area contributed by atoms with Gasteiger partial charge in [-0.2, -0.15) is 0 Å². The molecule has 0 spiro atoms. The van der Waals surface area contributed by atoms with Crippen LogP contribution in [0.1, 0.15) is 57.0 Å². The molecule has 1 amide bonds. The number of aromatic nitrogens is 2. The van der Waals surface area contributed by atoms with Gasteiger partial charge < -0.3 is 24.7 Å². The SMILES string of the molecule is CCn1c(-c2cccnc2[C@H](C)OC)c2c3cc(ccc31)-c1cccc(c1)C[C@H](N)C(=O)N1CC[C@H](C1)C(=O)OCC(C)(C)C2. The Bertz CT molecular complexity index is 1740. The number of benzene rings is 2. The van der Waals surface area contributed by atoms with Crippen LogP contribution in [0.3, 0.4) is 0 Å². The number of amides is 1. The molecule has 0 unspecified atom stereocenters. The molecule has 8 nitrogen and oxygen atoms in total. The first kappa shape index (κ1) is 31.0. The van der Waals surface area contributed by atoms with E-state index in [1.807, 2.05) is 31.3 Å². The van der Waals surface area contributed by atoms with Crippen LogP contribution in [-0.2, 0) is 38.4 Å². The summed E-state index contributed by atoms with van der Waals surface area (Å²) >= 11 is 0. The van der Waals surface area contributed by atoms with E-state index in [4.69, 9.17) is 20.2 Å². The molecule has 2 aromatic carbocycles. The molecule has 0 radical (unpaired) electrons. The highest BCUT2D eigenvalue weighted by Crippen LogP contribution is 2.42. The molecule has 45 heavy (non-hydrogen) atoms. The molecule has 8 heteroatoms. The average molecular weight is 609 g/mol. The topological polar surface area (TPSA) is 99.7 Å². The number of hydrogen-bond acceptors (Lipinski definition) is 6. The van der Waals surface area contributed by atoms with E-state index in [1.54, 1.807) is 12.0 Å². The van der Waals surface area contributed by atoms with Crippen LogP contribution in [0.15, 0.2) is 60.8 Å². The molecule has 0 saturated carbocycles. The molecular formula is C37H44N4O4. The number of aryl methyl sites for hydroxylation is 1. The molecular weight excluding hydrogens is 564 g/mol. The predicted octanol–water partition coefficient (Wildman–Crippen LogP) is 5.94. The summed E-state index contributed by atoms with van der Waals surface area (Å²) in [5.74, 6) is -0.704. The minimum atomic E-state index is -0.675. The molecule has 1 saturated heterocycles. The number of cyclic esters (lactones) is 1. The minimum absolute atomic E-state index is 0.116. The predicted molar refractivity (Wildman–Crippen MR) is 177 cm³/mol. The Morgan fingerprint density at radius 1 is 1.11 bits per heavy atom. The normalized spacial score (nSPS) is 21.1. The number of ether oxygens (including phenoxy) is 2. The number of fused-ring (bicyclic) bond motifs is 6. The van der Waals surface area contributed by atoms with Gasteiger partial charge in [-0.05, 0) is 79.6 Å². The maximum absolute atomic E-state index is 13.3. The zero-order valence-electron chi connectivity index (χ0n) is 27.0. The van der Waals surface area contributed by atoms with E-state index in [-0.39, 0.29) is 35.9 Å². The highest BCUT2D eigenvalue weighted by Gasteiger charge is 2.36. The van der Waals surface area contributed by atoms with E-state index in [2.05, 4.69) is 61.7 Å². The second kappa shape index (κ2) is 12.4. The standard InChI is InChI=1S/C37H44N4O4/c1-6-41-32-13-12-26-19-29(32)30(34(41)28-11-8-15-39-33(28)23(2)44-5)20-37(3,4)22-45-36(43)27-14-16-40(21-27)35(42)31(38)18-24-9-7-10-25(26)17-24/h7-13,15,17,19,23,27,31H,6,14,16,18,20-22,38H2,1-5H3/t23-,27+,31-/m0/s1. The van der Waals surface area contributed by atoms with Crippen molar-refractivity contribution in [1.82, 2.24) is 14.5 Å². The van der Waals surface area contributed by atoms with Crippen LogP contribution in [-0.4, -0.2) is 59.2 Å². The largest absolute Gasteiger partial charge is 0.465 e. The Balaban J connectivity index is 1.55. The van der Waals surface area contributed by atoms with Gasteiger partial charge in [-0.15, -0.1) is 0 Å². The maximum Gasteiger partial charge on any atom is 0.310 e. The fourth-order valence-electron chi connectivity index (χ4n) is 6.99. The molecule has 2 N–H and O–H groups in total. The van der Waals surface area contributed by atoms with Crippen molar-refractivity contribution in [3.8, 4) is 22.4 Å². The molecule has 6 rings (SSSR count). The second-order valence-electron chi connectivity index (χ2n) is 13.3. The number of hydrogen-bond donors (Lipinski definition) is 1. The van der Waals surface area contributed by atoms with Gasteiger partial charge in [0.05, 0.1) is 36.1 Å². The zero-order chi connectivity index (χ0) is 31.9. The summed E-state index contributed by atoms with van der Waals surface area (Å²) in [7, 11) is 1.71. The molecule has 4 aromatic rings. The summed E-state index contributed by atoms with van der Waals surface area (Å²) in [6.45, 7) is 10.4. The lowest BCUT2D eigenvalue weighted by Crippen LogP contribution is -2.44. The van der Waals surface area contributed by atoms with Crippen molar-refractivity contribution in [2.45, 2.75) is 65.6 Å². The number of nitrogens with zero attached hydrogens (tertiary/aromatic N) is 3. The second-order valence-corrected chi connectivity index (χ2v) is 13.3. The first-order chi connectivity index (χ1) is 21.6. The lowest BCUT2D eigenvalue weighted by molar-refractivity contribution is -0.151. The van der Waals surface area contributed by atoms with E-state index < -0.39 is 6.04 Å². The number of carbonyl (C=O) groups excluding carboxylic acids is 2. The van der Waals surface area contributed by atoms with Gasteiger partial charge in [-0.3, -0.25) is 14.6 Å². The number of pyridine rings is 1. The Morgan fingerprint density at radius 3 is 2.69 bits per heavy atom. The van der Waals surface area contributed by atoms with Crippen LogP contribution in [0, 0.1) is 11.3 Å². The van der Waals surface area contributed by atoms with Crippen molar-refractivity contribution in [3.63, 3.8) is 0 Å². The van der Waals surface area contributed by atoms with Crippen LogP contribution < -0.4 is 5.73 Å². The Kier molecular flexibility index (Phi) is 8.55. The van der Waals surface area contributed by atoms with Crippen molar-refractivity contribution in [3.05, 3.63) is 77.6 Å². The molecule has 2 aliphatic rings. The van der Waals surface area contributed by atoms with Crippen molar-refractivity contribution in [1.29, 1.82) is 0 Å². The molecule has 3 atom stereocenters. The number of carbonyl (C=O) groups is 2. The quantitative estimate of drug-likeness (QED) is 0.288.